The van der Waals surface area contributed by atoms with Gasteiger partial charge in [0.25, 0.3) is 0 Å². The molecule has 1 aromatic carbocycles. The van der Waals surface area contributed by atoms with Crippen LogP contribution in [0.4, 0.5) is 0 Å². The van der Waals surface area contributed by atoms with Gasteiger partial charge in [-0.1, -0.05) is 44.2 Å². The zero-order valence-corrected chi connectivity index (χ0v) is 13.1. The van der Waals surface area contributed by atoms with Crippen molar-refractivity contribution < 1.29 is 0 Å². The summed E-state index contributed by atoms with van der Waals surface area (Å²) in [4.78, 5) is 8.91. The Morgan fingerprint density at radius 2 is 1.53 bits per heavy atom. The molecule has 1 aromatic rings. The van der Waals surface area contributed by atoms with Gasteiger partial charge in [-0.3, -0.25) is 4.99 Å². The summed E-state index contributed by atoms with van der Waals surface area (Å²) in [6.45, 7) is 5.35. The number of hydrogen-bond acceptors (Lipinski definition) is 1. The molecule has 1 unspecified atom stereocenters. The molecule has 0 N–H and O–H groups in total. The largest absolute Gasteiger partial charge is 0.349 e. The van der Waals surface area contributed by atoms with E-state index in [-0.39, 0.29) is 0 Å². The molecule has 106 valence electrons. The van der Waals surface area contributed by atoms with Crippen LogP contribution in [0.15, 0.2) is 35.3 Å². The van der Waals surface area contributed by atoms with Gasteiger partial charge in [-0.25, -0.2) is 0 Å². The highest BCUT2D eigenvalue weighted by atomic mass is 15.3. The maximum Gasteiger partial charge on any atom is 0.195 e. The number of aliphatic imine (C=N–C) groups is 1. The van der Waals surface area contributed by atoms with Crippen molar-refractivity contribution in [2.45, 2.75) is 19.8 Å². The molecule has 0 heterocycles. The molecular weight excluding hydrogens is 234 g/mol. The van der Waals surface area contributed by atoms with Crippen LogP contribution in [0.25, 0.3) is 0 Å². The minimum Gasteiger partial charge on any atom is -0.349 e. The summed E-state index contributed by atoms with van der Waals surface area (Å²) in [5.41, 5.74) is 1.37. The second-order valence-electron chi connectivity index (χ2n) is 5.69. The first kappa shape index (κ1) is 15.5. The third-order valence-corrected chi connectivity index (χ3v) is 3.26. The smallest absolute Gasteiger partial charge is 0.195 e. The topological polar surface area (TPSA) is 18.8 Å². The molecule has 0 radical (unpaired) electrons. The lowest BCUT2D eigenvalue weighted by atomic mass is 9.88. The Labute approximate surface area is 117 Å². The van der Waals surface area contributed by atoms with Crippen molar-refractivity contribution in [3.63, 3.8) is 0 Å². The van der Waals surface area contributed by atoms with Gasteiger partial charge >= 0.3 is 0 Å². The lowest BCUT2D eigenvalue weighted by Crippen LogP contribution is -2.36. The van der Waals surface area contributed by atoms with Gasteiger partial charge < -0.3 is 9.80 Å². The average Bonchev–Trinajstić information content (AvgIpc) is 2.34. The summed E-state index contributed by atoms with van der Waals surface area (Å²) < 4.78 is 0. The summed E-state index contributed by atoms with van der Waals surface area (Å²) in [6.07, 6.45) is 0. The number of hydrogen-bond donors (Lipinski definition) is 0. The summed E-state index contributed by atoms with van der Waals surface area (Å²) in [5, 5.41) is 0. The molecule has 0 aliphatic rings. The molecule has 0 aliphatic carbocycles. The van der Waals surface area contributed by atoms with Gasteiger partial charge in [0, 0.05) is 40.7 Å². The highest BCUT2D eigenvalue weighted by molar-refractivity contribution is 5.79. The fourth-order valence-corrected chi connectivity index (χ4v) is 2.26. The average molecular weight is 261 g/mol. The standard InChI is InChI=1S/C16H27N3/c1-13(2)15(14-10-8-7-9-11-14)12-17-16(18(3)4)19(5)6/h7-11,13,15H,12H2,1-6H3. The maximum atomic E-state index is 4.79. The molecule has 1 rings (SSSR count). The molecule has 1 atom stereocenters. The Balaban J connectivity index is 2.89. The van der Waals surface area contributed by atoms with Gasteiger partial charge in [0.2, 0.25) is 0 Å². The molecule has 19 heavy (non-hydrogen) atoms. The highest BCUT2D eigenvalue weighted by Gasteiger charge is 2.16. The van der Waals surface area contributed by atoms with Gasteiger partial charge in [0.15, 0.2) is 5.96 Å². The quantitative estimate of drug-likeness (QED) is 0.613. The summed E-state index contributed by atoms with van der Waals surface area (Å²) in [7, 11) is 8.13. The molecule has 0 saturated carbocycles. The van der Waals surface area contributed by atoms with Crippen molar-refractivity contribution in [1.29, 1.82) is 0 Å². The zero-order valence-electron chi connectivity index (χ0n) is 13.1. The molecular formula is C16H27N3. The van der Waals surface area contributed by atoms with E-state index < -0.39 is 0 Å². The van der Waals surface area contributed by atoms with Crippen LogP contribution in [0.1, 0.15) is 25.3 Å². The highest BCUT2D eigenvalue weighted by Crippen LogP contribution is 2.24. The van der Waals surface area contributed by atoms with Crippen LogP contribution in [0.5, 0.6) is 0 Å². The molecule has 0 aliphatic heterocycles. The van der Waals surface area contributed by atoms with E-state index in [0.717, 1.165) is 12.5 Å². The van der Waals surface area contributed by atoms with Crippen LogP contribution in [-0.4, -0.2) is 50.5 Å². The van der Waals surface area contributed by atoms with E-state index >= 15 is 0 Å². The maximum absolute atomic E-state index is 4.79. The Morgan fingerprint density at radius 1 is 1.00 bits per heavy atom. The molecule has 0 amide bonds. The lowest BCUT2D eigenvalue weighted by Gasteiger charge is -2.25. The van der Waals surface area contributed by atoms with Crippen LogP contribution in [-0.2, 0) is 0 Å². The summed E-state index contributed by atoms with van der Waals surface area (Å²) >= 11 is 0. The van der Waals surface area contributed by atoms with E-state index in [1.54, 1.807) is 0 Å². The first-order valence-corrected chi connectivity index (χ1v) is 6.87. The Bertz CT molecular complexity index is 384. The zero-order chi connectivity index (χ0) is 14.4. The van der Waals surface area contributed by atoms with Crippen molar-refractivity contribution in [3.05, 3.63) is 35.9 Å². The van der Waals surface area contributed by atoms with Gasteiger partial charge in [-0.05, 0) is 11.5 Å². The number of nitrogens with zero attached hydrogens (tertiary/aromatic N) is 3. The first-order chi connectivity index (χ1) is 8.93. The van der Waals surface area contributed by atoms with Crippen molar-refractivity contribution >= 4 is 5.96 Å². The third kappa shape index (κ3) is 4.58. The van der Waals surface area contributed by atoms with Gasteiger partial charge in [-0.2, -0.15) is 0 Å². The second kappa shape index (κ2) is 7.17. The van der Waals surface area contributed by atoms with Crippen LogP contribution < -0.4 is 0 Å². The van der Waals surface area contributed by atoms with Crippen LogP contribution in [0, 0.1) is 5.92 Å². The third-order valence-electron chi connectivity index (χ3n) is 3.26. The van der Waals surface area contributed by atoms with Crippen molar-refractivity contribution in [1.82, 2.24) is 9.80 Å². The monoisotopic (exact) mass is 261 g/mol. The lowest BCUT2D eigenvalue weighted by molar-refractivity contribution is 0.462. The molecule has 3 nitrogen and oxygen atoms in total. The summed E-state index contributed by atoms with van der Waals surface area (Å²) in [6, 6.07) is 10.7. The molecule has 3 heteroatoms. The van der Waals surface area contributed by atoms with E-state index in [9.17, 15) is 0 Å². The molecule has 0 aromatic heterocycles. The normalized spacial score (nSPS) is 12.2. The van der Waals surface area contributed by atoms with Gasteiger partial charge in [0.05, 0.1) is 0 Å². The van der Waals surface area contributed by atoms with E-state index in [0.29, 0.717) is 11.8 Å². The predicted octanol–water partition coefficient (Wildman–Crippen LogP) is 2.91. The van der Waals surface area contributed by atoms with Crippen molar-refractivity contribution in [3.8, 4) is 0 Å². The fraction of sp³-hybridized carbons (Fsp3) is 0.562. The van der Waals surface area contributed by atoms with E-state index in [2.05, 4.69) is 54.0 Å². The summed E-state index contributed by atoms with van der Waals surface area (Å²) in [5.74, 6) is 2.06. The Kier molecular flexibility index (Phi) is 5.87. The van der Waals surface area contributed by atoms with Crippen LogP contribution in [0.2, 0.25) is 0 Å². The molecule has 0 fully saturated rings. The van der Waals surface area contributed by atoms with Crippen LogP contribution >= 0.6 is 0 Å². The second-order valence-corrected chi connectivity index (χ2v) is 5.69. The number of benzene rings is 1. The van der Waals surface area contributed by atoms with E-state index in [1.807, 2.05) is 28.2 Å². The van der Waals surface area contributed by atoms with E-state index in [4.69, 9.17) is 4.99 Å². The Morgan fingerprint density at radius 3 is 1.95 bits per heavy atom. The minimum absolute atomic E-state index is 0.469. The van der Waals surface area contributed by atoms with Crippen molar-refractivity contribution in [2.75, 3.05) is 34.7 Å². The minimum atomic E-state index is 0.469. The molecule has 0 saturated heterocycles. The van der Waals surface area contributed by atoms with E-state index in [1.165, 1.54) is 5.56 Å². The fourth-order valence-electron chi connectivity index (χ4n) is 2.26. The number of rotatable bonds is 4. The SMILES string of the molecule is CC(C)C(CN=C(N(C)C)N(C)C)c1ccccc1. The van der Waals surface area contributed by atoms with Crippen LogP contribution in [0.3, 0.4) is 0 Å². The predicted molar refractivity (Wildman–Crippen MR) is 83.7 cm³/mol. The van der Waals surface area contributed by atoms with Crippen molar-refractivity contribution in [2.24, 2.45) is 10.9 Å². The van der Waals surface area contributed by atoms with Gasteiger partial charge in [-0.15, -0.1) is 0 Å². The number of guanidine groups is 1. The molecule has 0 bridgehead atoms. The first-order valence-electron chi connectivity index (χ1n) is 6.87. The molecule has 0 spiro atoms. The Hall–Kier alpha value is -1.51. The van der Waals surface area contributed by atoms with Gasteiger partial charge in [0.1, 0.15) is 0 Å².